The van der Waals surface area contributed by atoms with E-state index in [2.05, 4.69) is 15.4 Å². The molecule has 2 heterocycles. The van der Waals surface area contributed by atoms with Crippen molar-refractivity contribution in [2.45, 2.75) is 13.1 Å². The first-order chi connectivity index (χ1) is 15.0. The minimum atomic E-state index is -0.477. The maximum absolute atomic E-state index is 12.6. The molecule has 158 valence electrons. The maximum atomic E-state index is 12.6. The lowest BCUT2D eigenvalue weighted by molar-refractivity contribution is -0.122. The monoisotopic (exact) mass is 439 g/mol. The standard InChI is InChI=1S/C21H18ClN5O4/c1-30-17-4-2-3-14(11-17)12-24-18(28)13-27-21(29)26-10-9-23-20(19(26)25-27)31-16-7-5-15(22)6-8-16/h2-11H,12-13H2,1H3,(H,24,28). The number of amides is 1. The van der Waals surface area contributed by atoms with Gasteiger partial charge in [-0.1, -0.05) is 23.7 Å². The van der Waals surface area contributed by atoms with Crippen LogP contribution in [-0.4, -0.2) is 32.2 Å². The number of ether oxygens (including phenoxy) is 2. The Morgan fingerprint density at radius 1 is 1.16 bits per heavy atom. The molecule has 0 fully saturated rings. The Morgan fingerprint density at radius 3 is 2.74 bits per heavy atom. The van der Waals surface area contributed by atoms with E-state index in [4.69, 9.17) is 21.1 Å². The zero-order chi connectivity index (χ0) is 21.8. The van der Waals surface area contributed by atoms with Crippen molar-refractivity contribution in [2.24, 2.45) is 0 Å². The van der Waals surface area contributed by atoms with Crippen LogP contribution in [-0.2, 0) is 17.9 Å². The van der Waals surface area contributed by atoms with Crippen LogP contribution in [0.1, 0.15) is 5.56 Å². The lowest BCUT2D eigenvalue weighted by atomic mass is 10.2. The number of carbonyl (C=O) groups is 1. The van der Waals surface area contributed by atoms with E-state index in [9.17, 15) is 9.59 Å². The summed E-state index contributed by atoms with van der Waals surface area (Å²) in [6, 6.07) is 14.0. The number of hydrogen-bond donors (Lipinski definition) is 1. The molecule has 9 nitrogen and oxygen atoms in total. The van der Waals surface area contributed by atoms with Gasteiger partial charge in [0.1, 0.15) is 18.0 Å². The second kappa shape index (κ2) is 8.88. The van der Waals surface area contributed by atoms with Crippen LogP contribution in [0.15, 0.2) is 65.7 Å². The van der Waals surface area contributed by atoms with Gasteiger partial charge in [-0.25, -0.2) is 18.9 Å². The smallest absolute Gasteiger partial charge is 0.351 e. The average molecular weight is 440 g/mol. The van der Waals surface area contributed by atoms with Crippen LogP contribution in [0.25, 0.3) is 5.65 Å². The molecule has 1 amide bonds. The molecule has 0 aliphatic carbocycles. The molecule has 2 aromatic carbocycles. The summed E-state index contributed by atoms with van der Waals surface area (Å²) < 4.78 is 13.2. The lowest BCUT2D eigenvalue weighted by Gasteiger charge is -2.06. The van der Waals surface area contributed by atoms with Crippen molar-refractivity contribution in [1.82, 2.24) is 24.5 Å². The number of carbonyl (C=O) groups excluding carboxylic acids is 1. The third-order valence-electron chi connectivity index (χ3n) is 4.41. The fraction of sp³-hybridized carbons (Fsp3) is 0.143. The van der Waals surface area contributed by atoms with Gasteiger partial charge in [0, 0.05) is 24.0 Å². The summed E-state index contributed by atoms with van der Waals surface area (Å²) in [5.74, 6) is 0.964. The third kappa shape index (κ3) is 4.67. The number of nitrogens with zero attached hydrogens (tertiary/aromatic N) is 4. The van der Waals surface area contributed by atoms with Crippen molar-refractivity contribution in [2.75, 3.05) is 7.11 Å². The van der Waals surface area contributed by atoms with E-state index in [1.54, 1.807) is 31.4 Å². The Kier molecular flexibility index (Phi) is 5.85. The van der Waals surface area contributed by atoms with Crippen LogP contribution in [0.2, 0.25) is 5.02 Å². The molecule has 31 heavy (non-hydrogen) atoms. The van der Waals surface area contributed by atoms with Crippen molar-refractivity contribution in [3.63, 3.8) is 0 Å². The second-order valence-corrected chi connectivity index (χ2v) is 6.99. The van der Waals surface area contributed by atoms with Crippen LogP contribution < -0.4 is 20.5 Å². The number of rotatable bonds is 7. The molecule has 10 heteroatoms. The Balaban J connectivity index is 1.50. The molecular formula is C21H18ClN5O4. The highest BCUT2D eigenvalue weighted by Crippen LogP contribution is 2.23. The highest BCUT2D eigenvalue weighted by atomic mass is 35.5. The van der Waals surface area contributed by atoms with E-state index < -0.39 is 5.69 Å². The van der Waals surface area contributed by atoms with Gasteiger partial charge in [0.15, 0.2) is 0 Å². The predicted molar refractivity (Wildman–Crippen MR) is 114 cm³/mol. The van der Waals surface area contributed by atoms with Crippen molar-refractivity contribution in [1.29, 1.82) is 0 Å². The van der Waals surface area contributed by atoms with Crippen LogP contribution in [0.4, 0.5) is 0 Å². The third-order valence-corrected chi connectivity index (χ3v) is 4.67. The summed E-state index contributed by atoms with van der Waals surface area (Å²) in [7, 11) is 1.58. The van der Waals surface area contributed by atoms with Gasteiger partial charge in [0.2, 0.25) is 11.6 Å². The first-order valence-corrected chi connectivity index (χ1v) is 9.68. The van der Waals surface area contributed by atoms with E-state index >= 15 is 0 Å². The highest BCUT2D eigenvalue weighted by molar-refractivity contribution is 6.30. The van der Waals surface area contributed by atoms with E-state index in [1.165, 1.54) is 16.8 Å². The molecule has 0 unspecified atom stereocenters. The van der Waals surface area contributed by atoms with Gasteiger partial charge in [0.05, 0.1) is 7.11 Å². The normalized spacial score (nSPS) is 10.8. The van der Waals surface area contributed by atoms with Crippen LogP contribution in [0, 0.1) is 0 Å². The van der Waals surface area contributed by atoms with Crippen molar-refractivity contribution in [3.05, 3.63) is 82.0 Å². The number of halogens is 1. The molecule has 4 aromatic rings. The minimum absolute atomic E-state index is 0.137. The predicted octanol–water partition coefficient (Wildman–Crippen LogP) is 2.66. The Bertz CT molecular complexity index is 1280. The van der Waals surface area contributed by atoms with E-state index in [0.29, 0.717) is 23.1 Å². The molecule has 0 saturated carbocycles. The summed E-state index contributed by atoms with van der Waals surface area (Å²) in [5, 5.41) is 7.56. The summed E-state index contributed by atoms with van der Waals surface area (Å²) >= 11 is 5.89. The summed E-state index contributed by atoms with van der Waals surface area (Å²) in [6.07, 6.45) is 2.89. The number of aromatic nitrogens is 4. The molecule has 1 N–H and O–H groups in total. The van der Waals surface area contributed by atoms with E-state index in [0.717, 1.165) is 10.2 Å². The SMILES string of the molecule is COc1cccc(CNC(=O)Cn2nc3c(Oc4ccc(Cl)cc4)nccn3c2=O)c1. The first-order valence-electron chi connectivity index (χ1n) is 9.31. The summed E-state index contributed by atoms with van der Waals surface area (Å²) in [5.41, 5.74) is 0.593. The number of hydrogen-bond acceptors (Lipinski definition) is 6. The molecule has 0 radical (unpaired) electrons. The quantitative estimate of drug-likeness (QED) is 0.475. The van der Waals surface area contributed by atoms with E-state index in [1.807, 2.05) is 24.3 Å². The van der Waals surface area contributed by atoms with Gasteiger partial charge < -0.3 is 14.8 Å². The molecule has 0 aliphatic rings. The second-order valence-electron chi connectivity index (χ2n) is 6.55. The largest absolute Gasteiger partial charge is 0.497 e. The number of nitrogens with one attached hydrogen (secondary N) is 1. The van der Waals surface area contributed by atoms with Gasteiger partial charge in [0.25, 0.3) is 5.88 Å². The van der Waals surface area contributed by atoms with Crippen LogP contribution in [0.3, 0.4) is 0 Å². The number of methoxy groups -OCH3 is 1. The Labute approximate surface area is 181 Å². The molecule has 0 saturated heterocycles. The van der Waals surface area contributed by atoms with Crippen molar-refractivity contribution < 1.29 is 14.3 Å². The number of fused-ring (bicyclic) bond motifs is 1. The molecule has 0 spiro atoms. The van der Waals surface area contributed by atoms with Gasteiger partial charge in [-0.15, -0.1) is 5.10 Å². The molecule has 0 aliphatic heterocycles. The molecule has 0 atom stereocenters. The summed E-state index contributed by atoms with van der Waals surface area (Å²) in [4.78, 5) is 29.2. The molecule has 4 rings (SSSR count). The fourth-order valence-electron chi connectivity index (χ4n) is 2.89. The lowest BCUT2D eigenvalue weighted by Crippen LogP contribution is -2.32. The Hall–Kier alpha value is -3.85. The van der Waals surface area contributed by atoms with Gasteiger partial charge in [-0.2, -0.15) is 0 Å². The highest BCUT2D eigenvalue weighted by Gasteiger charge is 2.15. The zero-order valence-electron chi connectivity index (χ0n) is 16.5. The van der Waals surface area contributed by atoms with E-state index in [-0.39, 0.29) is 24.0 Å². The average Bonchev–Trinajstić information content (AvgIpc) is 3.10. The van der Waals surface area contributed by atoms with Gasteiger partial charge in [-0.05, 0) is 42.0 Å². The first kappa shape index (κ1) is 20.4. The minimum Gasteiger partial charge on any atom is -0.497 e. The van der Waals surface area contributed by atoms with Gasteiger partial charge >= 0.3 is 5.69 Å². The fourth-order valence-corrected chi connectivity index (χ4v) is 3.02. The van der Waals surface area contributed by atoms with Gasteiger partial charge in [-0.3, -0.25) is 4.79 Å². The molecule has 0 bridgehead atoms. The topological polar surface area (TPSA) is 99.8 Å². The van der Waals surface area contributed by atoms with Crippen molar-refractivity contribution >= 4 is 23.2 Å². The van der Waals surface area contributed by atoms with Crippen LogP contribution in [0.5, 0.6) is 17.4 Å². The molecule has 2 aromatic heterocycles. The van der Waals surface area contributed by atoms with Crippen LogP contribution >= 0.6 is 11.6 Å². The number of benzene rings is 2. The summed E-state index contributed by atoms with van der Waals surface area (Å²) in [6.45, 7) is 0.0511. The Morgan fingerprint density at radius 2 is 1.97 bits per heavy atom. The molecular weight excluding hydrogens is 422 g/mol. The maximum Gasteiger partial charge on any atom is 0.351 e. The zero-order valence-corrected chi connectivity index (χ0v) is 17.2. The van der Waals surface area contributed by atoms with Crippen molar-refractivity contribution in [3.8, 4) is 17.4 Å².